The second-order valence-corrected chi connectivity index (χ2v) is 5.67. The molecular formula is C16H19N3O2S. The maximum Gasteiger partial charge on any atom is 0.343 e. The van der Waals surface area contributed by atoms with Crippen LogP contribution in [0.5, 0.6) is 0 Å². The first-order valence-corrected chi connectivity index (χ1v) is 8.15. The number of esters is 1. The molecule has 0 atom stereocenters. The van der Waals surface area contributed by atoms with E-state index < -0.39 is 5.97 Å². The molecule has 2 N–H and O–H groups in total. The Labute approximate surface area is 134 Å². The first kappa shape index (κ1) is 16.3. The molecule has 0 unspecified atom stereocenters. The van der Waals surface area contributed by atoms with E-state index in [0.29, 0.717) is 11.8 Å². The number of hydrogen-bond donors (Lipinski definition) is 1. The number of aryl methyl sites for hydroxylation is 1. The zero-order valence-corrected chi connectivity index (χ0v) is 13.3. The molecule has 0 aliphatic heterocycles. The fourth-order valence-electron chi connectivity index (χ4n) is 1.90. The third-order valence-electron chi connectivity index (χ3n) is 2.98. The summed E-state index contributed by atoms with van der Waals surface area (Å²) in [4.78, 5) is 19.9. The van der Waals surface area contributed by atoms with Gasteiger partial charge in [-0.3, -0.25) is 0 Å². The summed E-state index contributed by atoms with van der Waals surface area (Å²) in [7, 11) is 0. The number of aromatic nitrogens is 2. The summed E-state index contributed by atoms with van der Waals surface area (Å²) in [5.41, 5.74) is 7.32. The number of nitrogens with zero attached hydrogens (tertiary/aromatic N) is 2. The Bertz CT molecular complexity index is 620. The molecule has 1 aromatic heterocycles. The maximum atomic E-state index is 11.6. The van der Waals surface area contributed by atoms with E-state index in [1.54, 1.807) is 6.92 Å². The van der Waals surface area contributed by atoms with Crippen LogP contribution < -0.4 is 5.73 Å². The number of hydrogen-bond acceptors (Lipinski definition) is 6. The number of nitrogen functional groups attached to an aromatic ring is 1. The second kappa shape index (κ2) is 8.38. The first-order chi connectivity index (χ1) is 10.7. The number of rotatable bonds is 7. The molecule has 2 rings (SSSR count). The van der Waals surface area contributed by atoms with Gasteiger partial charge in [0.25, 0.3) is 0 Å². The Morgan fingerprint density at radius 3 is 2.77 bits per heavy atom. The molecule has 0 fully saturated rings. The van der Waals surface area contributed by atoms with E-state index in [0.717, 1.165) is 18.6 Å². The van der Waals surface area contributed by atoms with E-state index in [9.17, 15) is 4.79 Å². The highest BCUT2D eigenvalue weighted by Gasteiger charge is 2.13. The molecule has 116 valence electrons. The van der Waals surface area contributed by atoms with Crippen molar-refractivity contribution in [1.82, 2.24) is 9.97 Å². The number of carbonyl (C=O) groups is 1. The molecular weight excluding hydrogens is 298 g/mol. The summed E-state index contributed by atoms with van der Waals surface area (Å²) in [6, 6.07) is 10.3. The van der Waals surface area contributed by atoms with Gasteiger partial charge < -0.3 is 10.5 Å². The summed E-state index contributed by atoms with van der Waals surface area (Å²) in [5.74, 6) is 0.576. The lowest BCUT2D eigenvalue weighted by atomic mass is 10.1. The predicted molar refractivity (Wildman–Crippen MR) is 87.9 cm³/mol. The van der Waals surface area contributed by atoms with Crippen molar-refractivity contribution < 1.29 is 9.53 Å². The smallest absolute Gasteiger partial charge is 0.343 e. The topological polar surface area (TPSA) is 78.1 Å². The van der Waals surface area contributed by atoms with Gasteiger partial charge in [0.05, 0.1) is 6.61 Å². The molecule has 0 radical (unpaired) electrons. The molecule has 1 heterocycles. The zero-order valence-electron chi connectivity index (χ0n) is 12.5. The van der Waals surface area contributed by atoms with Gasteiger partial charge in [0.15, 0.2) is 5.16 Å². The van der Waals surface area contributed by atoms with Gasteiger partial charge in [0.1, 0.15) is 11.4 Å². The Morgan fingerprint density at radius 1 is 1.32 bits per heavy atom. The molecule has 0 spiro atoms. The van der Waals surface area contributed by atoms with E-state index in [-0.39, 0.29) is 11.4 Å². The summed E-state index contributed by atoms with van der Waals surface area (Å²) in [6.07, 6.45) is 3.47. The van der Waals surface area contributed by atoms with Gasteiger partial charge in [0.2, 0.25) is 0 Å². The molecule has 0 aliphatic carbocycles. The number of anilines is 1. The summed E-state index contributed by atoms with van der Waals surface area (Å²) >= 11 is 1.53. The second-order valence-electron chi connectivity index (χ2n) is 4.61. The molecule has 22 heavy (non-hydrogen) atoms. The fraction of sp³-hybridized carbons (Fsp3) is 0.312. The van der Waals surface area contributed by atoms with Crippen LogP contribution in [0, 0.1) is 0 Å². The SMILES string of the molecule is CCOC(=O)c1cnc(SCCCc2ccccc2)nc1N. The average molecular weight is 317 g/mol. The number of thioether (sulfide) groups is 1. The molecule has 1 aromatic carbocycles. The molecule has 0 saturated heterocycles. The quantitative estimate of drug-likeness (QED) is 0.366. The molecule has 0 saturated carbocycles. The third-order valence-corrected chi connectivity index (χ3v) is 3.92. The van der Waals surface area contributed by atoms with Crippen LogP contribution in [0.3, 0.4) is 0 Å². The predicted octanol–water partition coefficient (Wildman–Crippen LogP) is 2.96. The number of carbonyl (C=O) groups excluding carboxylic acids is 1. The molecule has 0 amide bonds. The highest BCUT2D eigenvalue weighted by Crippen LogP contribution is 2.18. The lowest BCUT2D eigenvalue weighted by Gasteiger charge is -2.06. The van der Waals surface area contributed by atoms with Gasteiger partial charge in [-0.2, -0.15) is 0 Å². The van der Waals surface area contributed by atoms with Crippen molar-refractivity contribution in [3.63, 3.8) is 0 Å². The third kappa shape index (κ3) is 4.73. The first-order valence-electron chi connectivity index (χ1n) is 7.17. The largest absolute Gasteiger partial charge is 0.462 e. The van der Waals surface area contributed by atoms with Crippen molar-refractivity contribution >= 4 is 23.5 Å². The van der Waals surface area contributed by atoms with Crippen molar-refractivity contribution in [2.75, 3.05) is 18.1 Å². The van der Waals surface area contributed by atoms with Crippen LogP contribution in [0.15, 0.2) is 41.7 Å². The van der Waals surface area contributed by atoms with E-state index in [2.05, 4.69) is 22.1 Å². The van der Waals surface area contributed by atoms with Crippen LogP contribution in [0.1, 0.15) is 29.3 Å². The maximum absolute atomic E-state index is 11.6. The van der Waals surface area contributed by atoms with E-state index in [4.69, 9.17) is 10.5 Å². The minimum Gasteiger partial charge on any atom is -0.462 e. The van der Waals surface area contributed by atoms with Crippen LogP contribution in [-0.2, 0) is 11.2 Å². The van der Waals surface area contributed by atoms with Crippen molar-refractivity contribution in [2.24, 2.45) is 0 Å². The molecule has 5 nitrogen and oxygen atoms in total. The minimum atomic E-state index is -0.486. The highest BCUT2D eigenvalue weighted by molar-refractivity contribution is 7.99. The van der Waals surface area contributed by atoms with Gasteiger partial charge in [-0.25, -0.2) is 14.8 Å². The van der Waals surface area contributed by atoms with Crippen LogP contribution in [-0.4, -0.2) is 28.3 Å². The Morgan fingerprint density at radius 2 is 2.09 bits per heavy atom. The van der Waals surface area contributed by atoms with Crippen molar-refractivity contribution in [3.05, 3.63) is 47.7 Å². The van der Waals surface area contributed by atoms with Crippen molar-refractivity contribution in [3.8, 4) is 0 Å². The number of benzene rings is 1. The van der Waals surface area contributed by atoms with Gasteiger partial charge >= 0.3 is 5.97 Å². The Hall–Kier alpha value is -2.08. The van der Waals surface area contributed by atoms with Gasteiger partial charge in [-0.15, -0.1) is 0 Å². The minimum absolute atomic E-state index is 0.166. The Kier molecular flexibility index (Phi) is 6.21. The normalized spacial score (nSPS) is 10.4. The van der Waals surface area contributed by atoms with Gasteiger partial charge in [-0.1, -0.05) is 42.1 Å². The van der Waals surface area contributed by atoms with Crippen molar-refractivity contribution in [2.45, 2.75) is 24.9 Å². The van der Waals surface area contributed by atoms with Crippen molar-refractivity contribution in [1.29, 1.82) is 0 Å². The monoisotopic (exact) mass is 317 g/mol. The lowest BCUT2D eigenvalue weighted by Crippen LogP contribution is -2.10. The number of nitrogens with two attached hydrogens (primary N) is 1. The molecule has 2 aromatic rings. The number of ether oxygens (including phenoxy) is 1. The standard InChI is InChI=1S/C16H19N3O2S/c1-2-21-15(20)13-11-18-16(19-14(13)17)22-10-6-9-12-7-4-3-5-8-12/h3-5,7-8,11H,2,6,9-10H2,1H3,(H2,17,18,19). The fourth-order valence-corrected chi connectivity index (χ4v) is 2.66. The molecule has 0 aliphatic rings. The lowest BCUT2D eigenvalue weighted by molar-refractivity contribution is 0.0526. The van der Waals surface area contributed by atoms with Gasteiger partial charge in [-0.05, 0) is 25.3 Å². The summed E-state index contributed by atoms with van der Waals surface area (Å²) in [5, 5.41) is 0.582. The summed E-state index contributed by atoms with van der Waals surface area (Å²) in [6.45, 7) is 2.04. The Balaban J connectivity index is 1.83. The van der Waals surface area contributed by atoms with Crippen LogP contribution in [0.2, 0.25) is 0 Å². The van der Waals surface area contributed by atoms with E-state index in [1.165, 1.54) is 23.5 Å². The average Bonchev–Trinajstić information content (AvgIpc) is 2.53. The van der Waals surface area contributed by atoms with Crippen LogP contribution >= 0.6 is 11.8 Å². The van der Waals surface area contributed by atoms with E-state index >= 15 is 0 Å². The van der Waals surface area contributed by atoms with E-state index in [1.807, 2.05) is 18.2 Å². The van der Waals surface area contributed by atoms with Gasteiger partial charge in [0, 0.05) is 11.9 Å². The highest BCUT2D eigenvalue weighted by atomic mass is 32.2. The molecule has 6 heteroatoms. The molecule has 0 bridgehead atoms. The zero-order chi connectivity index (χ0) is 15.8. The summed E-state index contributed by atoms with van der Waals surface area (Å²) < 4.78 is 4.89. The van der Waals surface area contributed by atoms with Crippen LogP contribution in [0.4, 0.5) is 5.82 Å². The van der Waals surface area contributed by atoms with Crippen LogP contribution in [0.25, 0.3) is 0 Å².